The summed E-state index contributed by atoms with van der Waals surface area (Å²) in [5, 5.41) is 4.33. The van der Waals surface area contributed by atoms with Gasteiger partial charge in [-0.05, 0) is 99.8 Å². The van der Waals surface area contributed by atoms with E-state index in [1.54, 1.807) is 0 Å². The lowest BCUT2D eigenvalue weighted by Crippen LogP contribution is -2.55. The Bertz CT molecular complexity index is 1130. The Balaban J connectivity index is 1.33. The van der Waals surface area contributed by atoms with Gasteiger partial charge in [-0.1, -0.05) is 18.2 Å². The molecule has 7 rings (SSSR count). The highest BCUT2D eigenvalue weighted by Crippen LogP contribution is 2.61. The maximum Gasteiger partial charge on any atom is 0.252 e. The second kappa shape index (κ2) is 6.94. The zero-order valence-corrected chi connectivity index (χ0v) is 18.4. The van der Waals surface area contributed by atoms with Crippen LogP contribution in [0.1, 0.15) is 61.6 Å². The van der Waals surface area contributed by atoms with Gasteiger partial charge in [0.1, 0.15) is 11.5 Å². The summed E-state index contributed by atoms with van der Waals surface area (Å²) in [4.78, 5) is 18.3. The zero-order valence-electron chi connectivity index (χ0n) is 18.4. The first-order chi connectivity index (χ1) is 15.0. The number of para-hydroxylation sites is 1. The molecule has 2 aromatic heterocycles. The predicted octanol–water partition coefficient (Wildman–Crippen LogP) is 6.14. The summed E-state index contributed by atoms with van der Waals surface area (Å²) >= 11 is 0. The van der Waals surface area contributed by atoms with Gasteiger partial charge in [-0.15, -0.1) is 0 Å². The van der Waals surface area contributed by atoms with Crippen molar-refractivity contribution in [1.82, 2.24) is 10.3 Å². The summed E-state index contributed by atoms with van der Waals surface area (Å²) in [5.74, 6) is 4.17. The molecular formula is C27H30N2O2. The van der Waals surface area contributed by atoms with Crippen molar-refractivity contribution in [3.05, 3.63) is 53.8 Å². The Morgan fingerprint density at radius 2 is 1.74 bits per heavy atom. The number of aromatic nitrogens is 1. The number of amides is 1. The maximum absolute atomic E-state index is 13.6. The molecule has 1 amide bonds. The molecule has 1 N–H and O–H groups in total. The summed E-state index contributed by atoms with van der Waals surface area (Å²) in [6, 6.07) is 13.8. The van der Waals surface area contributed by atoms with Crippen LogP contribution in [-0.4, -0.2) is 16.9 Å². The van der Waals surface area contributed by atoms with Gasteiger partial charge in [-0.25, -0.2) is 4.98 Å². The molecule has 4 fully saturated rings. The molecule has 1 atom stereocenters. The predicted molar refractivity (Wildman–Crippen MR) is 122 cm³/mol. The summed E-state index contributed by atoms with van der Waals surface area (Å²) in [6.45, 7) is 4.16. The number of carbonyl (C=O) groups excluding carboxylic acids is 1. The third kappa shape index (κ3) is 3.19. The van der Waals surface area contributed by atoms with Crippen molar-refractivity contribution in [2.45, 2.75) is 58.4 Å². The SMILES string of the molecule is Cc1ccc(-c2cc(C(=O)N[C@H](C)C34CC5CC(CC(C5)C3)C4)c3ccccc3n2)o1. The Kier molecular flexibility index (Phi) is 4.28. The van der Waals surface area contributed by atoms with E-state index in [-0.39, 0.29) is 17.4 Å². The maximum atomic E-state index is 13.6. The highest BCUT2D eigenvalue weighted by atomic mass is 16.3. The average molecular weight is 415 g/mol. The van der Waals surface area contributed by atoms with Crippen LogP contribution in [0.15, 0.2) is 46.9 Å². The number of nitrogens with zero attached hydrogens (tertiary/aromatic N) is 1. The Morgan fingerprint density at radius 1 is 1.06 bits per heavy atom. The molecule has 0 spiro atoms. The van der Waals surface area contributed by atoms with Crippen molar-refractivity contribution in [3.63, 3.8) is 0 Å². The Labute approximate surface area is 183 Å². The number of aryl methyl sites for hydroxylation is 1. The first-order valence-corrected chi connectivity index (χ1v) is 11.8. The van der Waals surface area contributed by atoms with Crippen LogP contribution in [0.2, 0.25) is 0 Å². The van der Waals surface area contributed by atoms with Crippen LogP contribution in [0.25, 0.3) is 22.4 Å². The third-order valence-corrected chi connectivity index (χ3v) is 8.31. The number of pyridine rings is 1. The molecule has 0 unspecified atom stereocenters. The molecule has 0 aliphatic heterocycles. The van der Waals surface area contributed by atoms with Crippen LogP contribution in [-0.2, 0) is 0 Å². The first kappa shape index (κ1) is 19.1. The molecule has 0 saturated heterocycles. The van der Waals surface area contributed by atoms with Crippen molar-refractivity contribution in [2.24, 2.45) is 23.2 Å². The number of carbonyl (C=O) groups is 1. The molecule has 4 aliphatic carbocycles. The van der Waals surface area contributed by atoms with Gasteiger partial charge >= 0.3 is 0 Å². The highest BCUT2D eigenvalue weighted by Gasteiger charge is 2.53. The fourth-order valence-electron chi connectivity index (χ4n) is 7.20. The first-order valence-electron chi connectivity index (χ1n) is 11.8. The topological polar surface area (TPSA) is 55.1 Å². The van der Waals surface area contributed by atoms with Crippen molar-refractivity contribution in [2.75, 3.05) is 0 Å². The van der Waals surface area contributed by atoms with Crippen LogP contribution >= 0.6 is 0 Å². The number of furan rings is 1. The second-order valence-corrected chi connectivity index (χ2v) is 10.5. The quantitative estimate of drug-likeness (QED) is 0.558. The molecule has 4 nitrogen and oxygen atoms in total. The van der Waals surface area contributed by atoms with Crippen LogP contribution in [0, 0.1) is 30.1 Å². The standard InChI is InChI=1S/C27H30N2O2/c1-16-7-8-25(31-16)24-12-22(21-5-3-4-6-23(21)29-24)26(30)28-17(2)27-13-18-9-19(14-27)11-20(10-18)15-27/h3-8,12,17-20H,9-11,13-15H2,1-2H3,(H,28,30)/t17-,18?,19?,20?,27?/m1/s1. The van der Waals surface area contributed by atoms with Crippen molar-refractivity contribution in [3.8, 4) is 11.5 Å². The largest absolute Gasteiger partial charge is 0.460 e. The average Bonchev–Trinajstić information content (AvgIpc) is 3.18. The number of hydrogen-bond donors (Lipinski definition) is 1. The fourth-order valence-corrected chi connectivity index (χ4v) is 7.20. The van der Waals surface area contributed by atoms with Crippen molar-refractivity contribution < 1.29 is 9.21 Å². The molecule has 3 aromatic rings. The van der Waals surface area contributed by atoms with E-state index in [9.17, 15) is 4.79 Å². The number of rotatable bonds is 4. The van der Waals surface area contributed by atoms with E-state index in [0.29, 0.717) is 17.0 Å². The number of benzene rings is 1. The Morgan fingerprint density at radius 3 is 2.39 bits per heavy atom. The lowest BCUT2D eigenvalue weighted by Gasteiger charge is -2.59. The monoisotopic (exact) mass is 414 g/mol. The normalized spacial score (nSPS) is 29.9. The van der Waals surface area contributed by atoms with E-state index in [2.05, 4.69) is 12.2 Å². The van der Waals surface area contributed by atoms with Gasteiger partial charge in [0.2, 0.25) is 0 Å². The highest BCUT2D eigenvalue weighted by molar-refractivity contribution is 6.07. The van der Waals surface area contributed by atoms with E-state index in [1.165, 1.54) is 38.5 Å². The number of hydrogen-bond acceptors (Lipinski definition) is 3. The summed E-state index contributed by atoms with van der Waals surface area (Å²) < 4.78 is 5.80. The van der Waals surface area contributed by atoms with Gasteiger partial charge in [0, 0.05) is 11.4 Å². The minimum atomic E-state index is 0.00590. The summed E-state index contributed by atoms with van der Waals surface area (Å²) in [6.07, 6.45) is 8.11. The van der Waals surface area contributed by atoms with Crippen LogP contribution < -0.4 is 5.32 Å². The van der Waals surface area contributed by atoms with Crippen LogP contribution in [0.3, 0.4) is 0 Å². The minimum absolute atomic E-state index is 0.00590. The van der Waals surface area contributed by atoms with Gasteiger partial charge in [0.25, 0.3) is 5.91 Å². The minimum Gasteiger partial charge on any atom is -0.460 e. The summed E-state index contributed by atoms with van der Waals surface area (Å²) in [5.41, 5.74) is 2.50. The zero-order chi connectivity index (χ0) is 21.2. The molecule has 160 valence electrons. The number of fused-ring (bicyclic) bond motifs is 1. The van der Waals surface area contributed by atoms with Gasteiger partial charge in [-0.2, -0.15) is 0 Å². The second-order valence-electron chi connectivity index (χ2n) is 10.5. The molecule has 4 heteroatoms. The molecule has 0 radical (unpaired) electrons. The molecule has 4 saturated carbocycles. The molecule has 2 heterocycles. The van der Waals surface area contributed by atoms with E-state index in [4.69, 9.17) is 9.40 Å². The van der Waals surface area contributed by atoms with Crippen molar-refractivity contribution >= 4 is 16.8 Å². The van der Waals surface area contributed by atoms with Gasteiger partial charge < -0.3 is 9.73 Å². The molecule has 4 aliphatic rings. The third-order valence-electron chi connectivity index (χ3n) is 8.31. The molecule has 4 bridgehead atoms. The van der Waals surface area contributed by atoms with E-state index >= 15 is 0 Å². The van der Waals surface area contributed by atoms with Crippen LogP contribution in [0.5, 0.6) is 0 Å². The molecule has 31 heavy (non-hydrogen) atoms. The van der Waals surface area contributed by atoms with E-state index in [1.807, 2.05) is 49.4 Å². The van der Waals surface area contributed by atoms with Crippen molar-refractivity contribution in [1.29, 1.82) is 0 Å². The van der Waals surface area contributed by atoms with Crippen LogP contribution in [0.4, 0.5) is 0 Å². The van der Waals surface area contributed by atoms with Gasteiger partial charge in [-0.3, -0.25) is 4.79 Å². The van der Waals surface area contributed by atoms with Gasteiger partial charge in [0.05, 0.1) is 11.1 Å². The fraction of sp³-hybridized carbons (Fsp3) is 0.481. The number of nitrogens with one attached hydrogen (secondary N) is 1. The van der Waals surface area contributed by atoms with E-state index < -0.39 is 0 Å². The lowest BCUT2D eigenvalue weighted by molar-refractivity contribution is -0.0687. The molecule has 1 aromatic carbocycles. The molecular weight excluding hydrogens is 384 g/mol. The lowest BCUT2D eigenvalue weighted by atomic mass is 9.48. The summed E-state index contributed by atoms with van der Waals surface area (Å²) in [7, 11) is 0. The smallest absolute Gasteiger partial charge is 0.252 e. The van der Waals surface area contributed by atoms with Gasteiger partial charge in [0.15, 0.2) is 5.76 Å². The van der Waals surface area contributed by atoms with E-state index in [0.717, 1.165) is 34.4 Å². The Hall–Kier alpha value is -2.62.